The molecule has 1 atom stereocenters. The summed E-state index contributed by atoms with van der Waals surface area (Å²) in [6.45, 7) is 2.59. The second-order valence-electron chi connectivity index (χ2n) is 4.95. The van der Waals surface area contributed by atoms with Gasteiger partial charge in [-0.25, -0.2) is 0 Å². The molecule has 0 radical (unpaired) electrons. The molecule has 19 heavy (non-hydrogen) atoms. The third-order valence-corrected chi connectivity index (χ3v) is 3.75. The molecule has 1 aromatic rings. The molecule has 1 saturated carbocycles. The van der Waals surface area contributed by atoms with Gasteiger partial charge in [0.2, 0.25) is 5.91 Å². The number of primary amides is 1. The summed E-state index contributed by atoms with van der Waals surface area (Å²) in [4.78, 5) is 13.4. The minimum atomic E-state index is -0.385. The molecule has 1 fully saturated rings. The maximum atomic E-state index is 11.4. The average Bonchev–Trinajstić information content (AvgIpc) is 3.19. The first-order chi connectivity index (χ1) is 9.02. The summed E-state index contributed by atoms with van der Waals surface area (Å²) in [5.41, 5.74) is 6.67. The van der Waals surface area contributed by atoms with Crippen molar-refractivity contribution in [3.8, 4) is 6.07 Å². The van der Waals surface area contributed by atoms with Crippen molar-refractivity contribution in [3.05, 3.63) is 28.8 Å². The zero-order chi connectivity index (χ0) is 14.0. The third-order valence-electron chi connectivity index (χ3n) is 3.44. The standard InChI is InChI=1S/C14H16ClN3O/c1-9(14(17)19)18(8-10-2-3-10)12-5-4-11(7-16)13(15)6-12/h4-6,9-10H,2-3,8H2,1H3,(H2,17,19). The van der Waals surface area contributed by atoms with Crippen LogP contribution in [0.3, 0.4) is 0 Å². The molecule has 0 bridgehead atoms. The number of anilines is 1. The Bertz CT molecular complexity index is 534. The van der Waals surface area contributed by atoms with Crippen LogP contribution in [0.15, 0.2) is 18.2 Å². The number of hydrogen-bond acceptors (Lipinski definition) is 3. The van der Waals surface area contributed by atoms with Crippen molar-refractivity contribution in [1.29, 1.82) is 5.26 Å². The fourth-order valence-corrected chi connectivity index (χ4v) is 2.21. The normalized spacial score (nSPS) is 15.6. The lowest BCUT2D eigenvalue weighted by Crippen LogP contribution is -2.44. The molecule has 1 unspecified atom stereocenters. The van der Waals surface area contributed by atoms with E-state index in [1.807, 2.05) is 17.0 Å². The second-order valence-corrected chi connectivity index (χ2v) is 5.36. The number of hydrogen-bond donors (Lipinski definition) is 1. The Morgan fingerprint density at radius 3 is 2.79 bits per heavy atom. The largest absolute Gasteiger partial charge is 0.368 e. The van der Waals surface area contributed by atoms with Crippen LogP contribution in [-0.2, 0) is 4.79 Å². The number of nitriles is 1. The number of amides is 1. The summed E-state index contributed by atoms with van der Waals surface area (Å²) in [5.74, 6) is 0.261. The molecular weight excluding hydrogens is 262 g/mol. The van der Waals surface area contributed by atoms with Gasteiger partial charge in [-0.2, -0.15) is 5.26 Å². The van der Waals surface area contributed by atoms with Crippen LogP contribution in [0.1, 0.15) is 25.3 Å². The highest BCUT2D eigenvalue weighted by Gasteiger charge is 2.28. The molecule has 0 heterocycles. The lowest BCUT2D eigenvalue weighted by molar-refractivity contribution is -0.118. The minimum absolute atomic E-state index is 0.360. The molecule has 1 aromatic carbocycles. The van der Waals surface area contributed by atoms with Gasteiger partial charge in [-0.3, -0.25) is 4.79 Å². The van der Waals surface area contributed by atoms with E-state index in [9.17, 15) is 4.79 Å². The summed E-state index contributed by atoms with van der Waals surface area (Å²) >= 11 is 6.04. The number of halogens is 1. The molecular formula is C14H16ClN3O. The first kappa shape index (κ1) is 13.7. The van der Waals surface area contributed by atoms with Gasteiger partial charge in [0.25, 0.3) is 0 Å². The van der Waals surface area contributed by atoms with Crippen LogP contribution in [0, 0.1) is 17.2 Å². The van der Waals surface area contributed by atoms with Gasteiger partial charge in [0.1, 0.15) is 12.1 Å². The van der Waals surface area contributed by atoms with E-state index in [1.54, 1.807) is 19.1 Å². The number of rotatable bonds is 5. The van der Waals surface area contributed by atoms with Crippen LogP contribution < -0.4 is 10.6 Å². The monoisotopic (exact) mass is 277 g/mol. The summed E-state index contributed by atoms with van der Waals surface area (Å²) in [5, 5.41) is 9.28. The molecule has 0 spiro atoms. The first-order valence-corrected chi connectivity index (χ1v) is 6.66. The highest BCUT2D eigenvalue weighted by Crippen LogP contribution is 2.33. The Labute approximate surface area is 117 Å². The van der Waals surface area contributed by atoms with E-state index >= 15 is 0 Å². The summed E-state index contributed by atoms with van der Waals surface area (Å²) < 4.78 is 0. The Kier molecular flexibility index (Phi) is 3.96. The van der Waals surface area contributed by atoms with Gasteiger partial charge in [0.05, 0.1) is 10.6 Å². The van der Waals surface area contributed by atoms with Gasteiger partial charge >= 0.3 is 0 Å². The average molecular weight is 278 g/mol. The van der Waals surface area contributed by atoms with E-state index in [-0.39, 0.29) is 11.9 Å². The number of carbonyl (C=O) groups excluding carboxylic acids is 1. The van der Waals surface area contributed by atoms with Gasteiger partial charge in [-0.15, -0.1) is 0 Å². The lowest BCUT2D eigenvalue weighted by Gasteiger charge is -2.29. The van der Waals surface area contributed by atoms with Gasteiger partial charge in [-0.1, -0.05) is 11.6 Å². The van der Waals surface area contributed by atoms with Crippen LogP contribution in [-0.4, -0.2) is 18.5 Å². The van der Waals surface area contributed by atoms with Crippen molar-refractivity contribution < 1.29 is 4.79 Å². The molecule has 1 amide bonds. The van der Waals surface area contributed by atoms with Crippen LogP contribution in [0.2, 0.25) is 5.02 Å². The molecule has 0 aromatic heterocycles. The zero-order valence-corrected chi connectivity index (χ0v) is 11.5. The molecule has 5 heteroatoms. The van der Waals surface area contributed by atoms with Crippen molar-refractivity contribution in [3.63, 3.8) is 0 Å². The molecule has 0 saturated heterocycles. The van der Waals surface area contributed by atoms with E-state index < -0.39 is 0 Å². The van der Waals surface area contributed by atoms with Crippen molar-refractivity contribution in [1.82, 2.24) is 0 Å². The first-order valence-electron chi connectivity index (χ1n) is 6.28. The lowest BCUT2D eigenvalue weighted by atomic mass is 10.1. The fourth-order valence-electron chi connectivity index (χ4n) is 1.99. The molecule has 4 nitrogen and oxygen atoms in total. The van der Waals surface area contributed by atoms with Gasteiger partial charge < -0.3 is 10.6 Å². The third kappa shape index (κ3) is 3.18. The second kappa shape index (κ2) is 5.50. The Balaban J connectivity index is 2.29. The van der Waals surface area contributed by atoms with Crippen molar-refractivity contribution in [2.24, 2.45) is 11.7 Å². The van der Waals surface area contributed by atoms with Gasteiger partial charge in [0.15, 0.2) is 0 Å². The predicted octanol–water partition coefficient (Wildman–Crippen LogP) is 2.30. The predicted molar refractivity (Wildman–Crippen MR) is 74.9 cm³/mol. The van der Waals surface area contributed by atoms with E-state index in [0.717, 1.165) is 12.2 Å². The minimum Gasteiger partial charge on any atom is -0.368 e. The van der Waals surface area contributed by atoms with Crippen LogP contribution >= 0.6 is 11.6 Å². The van der Waals surface area contributed by atoms with Crippen LogP contribution in [0.4, 0.5) is 5.69 Å². The van der Waals surface area contributed by atoms with Crippen molar-refractivity contribution in [2.75, 3.05) is 11.4 Å². The molecule has 1 aliphatic carbocycles. The maximum Gasteiger partial charge on any atom is 0.239 e. The van der Waals surface area contributed by atoms with E-state index in [1.165, 1.54) is 12.8 Å². The van der Waals surface area contributed by atoms with Crippen molar-refractivity contribution >= 4 is 23.2 Å². The fraction of sp³-hybridized carbons (Fsp3) is 0.429. The van der Waals surface area contributed by atoms with Crippen LogP contribution in [0.25, 0.3) is 0 Å². The molecule has 2 rings (SSSR count). The number of carbonyl (C=O) groups is 1. The quantitative estimate of drug-likeness (QED) is 0.898. The molecule has 1 aliphatic rings. The summed E-state index contributed by atoms with van der Waals surface area (Å²) in [6.07, 6.45) is 2.37. The Morgan fingerprint density at radius 2 is 2.32 bits per heavy atom. The van der Waals surface area contributed by atoms with Gasteiger partial charge in [-0.05, 0) is 43.9 Å². The summed E-state index contributed by atoms with van der Waals surface area (Å²) in [7, 11) is 0. The molecule has 2 N–H and O–H groups in total. The highest BCUT2D eigenvalue weighted by atomic mass is 35.5. The van der Waals surface area contributed by atoms with Gasteiger partial charge in [0, 0.05) is 12.2 Å². The van der Waals surface area contributed by atoms with E-state index in [0.29, 0.717) is 16.5 Å². The van der Waals surface area contributed by atoms with Crippen molar-refractivity contribution in [2.45, 2.75) is 25.8 Å². The number of nitrogens with zero attached hydrogens (tertiary/aromatic N) is 2. The van der Waals surface area contributed by atoms with E-state index in [2.05, 4.69) is 0 Å². The topological polar surface area (TPSA) is 70.1 Å². The highest BCUT2D eigenvalue weighted by molar-refractivity contribution is 6.32. The Hall–Kier alpha value is -1.73. The maximum absolute atomic E-state index is 11.4. The van der Waals surface area contributed by atoms with Crippen LogP contribution in [0.5, 0.6) is 0 Å². The number of nitrogens with two attached hydrogens (primary N) is 1. The number of benzene rings is 1. The summed E-state index contributed by atoms with van der Waals surface area (Å²) in [6, 6.07) is 6.85. The SMILES string of the molecule is CC(C(N)=O)N(CC1CC1)c1ccc(C#N)c(Cl)c1. The Morgan fingerprint density at radius 1 is 1.63 bits per heavy atom. The van der Waals surface area contributed by atoms with E-state index in [4.69, 9.17) is 22.6 Å². The molecule has 0 aliphatic heterocycles. The molecule has 100 valence electrons. The smallest absolute Gasteiger partial charge is 0.239 e. The zero-order valence-electron chi connectivity index (χ0n) is 10.8.